The highest BCUT2D eigenvalue weighted by atomic mass is 16.8. The number of hydrogen-bond donors (Lipinski definition) is 9. The van der Waals surface area contributed by atoms with Crippen LogP contribution in [0, 0.1) is 11.3 Å². The molecule has 1 heterocycles. The number of likely N-dealkylation sites (tertiary alicyclic amines) is 1. The molecule has 2 atom stereocenters. The minimum Gasteiger partial charge on any atom is -0.462 e. The van der Waals surface area contributed by atoms with Gasteiger partial charge in [-0.25, -0.2) is 4.90 Å². The Labute approximate surface area is 243 Å². The number of hydrogen-bond acceptors (Lipinski definition) is 12. The van der Waals surface area contributed by atoms with E-state index in [0.717, 1.165) is 62.7 Å². The zero-order chi connectivity index (χ0) is 31.0. The molecule has 12 heteroatoms. The quantitative estimate of drug-likeness (QED) is 0.0622. The molecule has 41 heavy (non-hydrogen) atoms. The third kappa shape index (κ3) is 9.04. The number of unbranched alkanes of at least 4 members (excludes halogenated alkanes) is 8. The molecule has 2 unspecified atom stereocenters. The molecule has 0 amide bonds. The minimum atomic E-state index is -4.53. The van der Waals surface area contributed by atoms with Crippen molar-refractivity contribution in [3.63, 3.8) is 0 Å². The average Bonchev–Trinajstić information content (AvgIpc) is 3.27. The summed E-state index contributed by atoms with van der Waals surface area (Å²) in [4.78, 5) is 14.0. The van der Waals surface area contributed by atoms with Gasteiger partial charge in [-0.15, -0.1) is 0 Å². The number of ether oxygens (including phenoxy) is 1. The van der Waals surface area contributed by atoms with Crippen molar-refractivity contribution in [2.75, 3.05) is 13.1 Å². The van der Waals surface area contributed by atoms with Crippen LogP contribution >= 0.6 is 0 Å². The lowest BCUT2D eigenvalue weighted by molar-refractivity contribution is -0.558. The number of carbonyl (C=O) groups is 1. The lowest BCUT2D eigenvalue weighted by Gasteiger charge is -2.51. The summed E-state index contributed by atoms with van der Waals surface area (Å²) in [6.45, 7) is 4.09. The molecule has 0 aromatic rings. The van der Waals surface area contributed by atoms with E-state index in [0.29, 0.717) is 25.7 Å². The Bertz CT molecular complexity index is 788. The van der Waals surface area contributed by atoms with Crippen LogP contribution in [0.25, 0.3) is 0 Å². The molecule has 0 radical (unpaired) electrons. The minimum absolute atomic E-state index is 0.114. The van der Waals surface area contributed by atoms with E-state index in [2.05, 4.69) is 13.8 Å². The van der Waals surface area contributed by atoms with E-state index >= 15 is 0 Å². The van der Waals surface area contributed by atoms with E-state index in [9.17, 15) is 35.4 Å². The summed E-state index contributed by atoms with van der Waals surface area (Å²) < 4.78 is 6.00. The molecule has 1 aliphatic heterocycles. The van der Waals surface area contributed by atoms with Crippen molar-refractivity contribution in [2.45, 2.75) is 153 Å². The van der Waals surface area contributed by atoms with Gasteiger partial charge in [0.25, 0.3) is 11.7 Å². The zero-order valence-corrected chi connectivity index (χ0v) is 24.9. The van der Waals surface area contributed by atoms with Gasteiger partial charge in [-0.3, -0.25) is 4.79 Å². The lowest BCUT2D eigenvalue weighted by atomic mass is 9.76. The summed E-state index contributed by atoms with van der Waals surface area (Å²) in [7, 11) is 0. The predicted octanol–water partition coefficient (Wildman–Crippen LogP) is 1.13. The highest BCUT2D eigenvalue weighted by Crippen LogP contribution is 2.49. The van der Waals surface area contributed by atoms with Gasteiger partial charge < -0.3 is 50.7 Å². The number of nitrogens with zero attached hydrogens (tertiary/aromatic N) is 1. The number of piperidine rings is 1. The molecular weight excluding hydrogens is 538 g/mol. The molecule has 242 valence electrons. The predicted molar refractivity (Wildman–Crippen MR) is 148 cm³/mol. The monoisotopic (exact) mass is 593 g/mol. The fraction of sp³-hybridized carbons (Fsp3) is 0.966. The van der Waals surface area contributed by atoms with Gasteiger partial charge >= 0.3 is 17.7 Å². The van der Waals surface area contributed by atoms with Crippen LogP contribution in [-0.2, 0) is 9.53 Å². The molecule has 1 saturated carbocycles. The van der Waals surface area contributed by atoms with Gasteiger partial charge in [0.15, 0.2) is 0 Å². The molecule has 9 N–H and O–H groups in total. The van der Waals surface area contributed by atoms with E-state index in [-0.39, 0.29) is 36.5 Å². The Kier molecular flexibility index (Phi) is 13.4. The molecule has 12 nitrogen and oxygen atoms in total. The number of esters is 1. The van der Waals surface area contributed by atoms with Crippen molar-refractivity contribution in [3.05, 3.63) is 0 Å². The fourth-order valence-electron chi connectivity index (χ4n) is 6.32. The van der Waals surface area contributed by atoms with Gasteiger partial charge in [0, 0.05) is 13.1 Å². The first-order chi connectivity index (χ1) is 19.0. The number of rotatable bonds is 18. The largest absolute Gasteiger partial charge is 0.462 e. The number of aliphatic hydroxyl groups is 9. The summed E-state index contributed by atoms with van der Waals surface area (Å²) in [5.74, 6) is -17.4. The van der Waals surface area contributed by atoms with E-state index in [1.54, 1.807) is 0 Å². The molecule has 1 spiro atoms. The Morgan fingerprint density at radius 1 is 0.756 bits per heavy atom. The van der Waals surface area contributed by atoms with Gasteiger partial charge in [-0.05, 0) is 50.4 Å². The summed E-state index contributed by atoms with van der Waals surface area (Å²) in [6, 6.07) is 0. The number of carbonyl (C=O) groups excluding carboxylic acids is 1. The molecule has 0 aromatic carbocycles. The Morgan fingerprint density at radius 2 is 1.24 bits per heavy atom. The van der Waals surface area contributed by atoms with Crippen LogP contribution in [0.5, 0.6) is 0 Å². The van der Waals surface area contributed by atoms with Crippen LogP contribution in [0.2, 0.25) is 0 Å². The topological polar surface area (TPSA) is 212 Å². The zero-order valence-electron chi connectivity index (χ0n) is 24.9. The molecule has 0 bridgehead atoms. The van der Waals surface area contributed by atoms with E-state index in [4.69, 9.17) is 20.1 Å². The molecule has 0 aromatic heterocycles. The second kappa shape index (κ2) is 15.2. The van der Waals surface area contributed by atoms with Gasteiger partial charge in [0.2, 0.25) is 0 Å². The van der Waals surface area contributed by atoms with Crippen molar-refractivity contribution in [3.8, 4) is 0 Å². The first kappa shape index (κ1) is 36.3. The first-order valence-corrected chi connectivity index (χ1v) is 15.5. The molecule has 2 fully saturated rings. The van der Waals surface area contributed by atoms with Crippen LogP contribution in [0.4, 0.5) is 0 Å². The normalized spacial score (nSPS) is 21.4. The van der Waals surface area contributed by atoms with E-state index < -0.39 is 23.5 Å². The third-order valence-electron chi connectivity index (χ3n) is 9.27. The van der Waals surface area contributed by atoms with Crippen LogP contribution in [0.3, 0.4) is 0 Å². The summed E-state index contributed by atoms with van der Waals surface area (Å²) >= 11 is 0. The summed E-state index contributed by atoms with van der Waals surface area (Å²) in [5.41, 5.74) is -0.286. The van der Waals surface area contributed by atoms with Crippen LogP contribution < -0.4 is 0 Å². The highest BCUT2D eigenvalue weighted by Gasteiger charge is 2.72. The van der Waals surface area contributed by atoms with Gasteiger partial charge in [-0.2, -0.15) is 0 Å². The maximum Gasteiger partial charge on any atom is 0.338 e. The maximum atomic E-state index is 13.2. The van der Waals surface area contributed by atoms with Gasteiger partial charge in [0.1, 0.15) is 6.10 Å². The Morgan fingerprint density at radius 3 is 1.76 bits per heavy atom. The smallest absolute Gasteiger partial charge is 0.338 e. The van der Waals surface area contributed by atoms with Crippen molar-refractivity contribution in [2.24, 2.45) is 11.3 Å². The second-order valence-electron chi connectivity index (χ2n) is 12.5. The SMILES string of the molecule is CCCCCCCCC(CCCCCC)C(=O)OC1CCC2(CCN(C(O)(O)C(O)(O)C(O)(O)C(O)(O)O)CC2)C1. The molecular formula is C29H55NO11. The molecule has 2 aliphatic rings. The van der Waals surface area contributed by atoms with Crippen LogP contribution in [-0.4, -0.2) is 99.5 Å². The molecule has 1 aliphatic carbocycles. The maximum absolute atomic E-state index is 13.2. The van der Waals surface area contributed by atoms with Crippen molar-refractivity contribution >= 4 is 5.97 Å². The van der Waals surface area contributed by atoms with E-state index in [1.807, 2.05) is 0 Å². The Hall–Kier alpha value is -0.930. The van der Waals surface area contributed by atoms with Crippen LogP contribution in [0.15, 0.2) is 0 Å². The van der Waals surface area contributed by atoms with Crippen molar-refractivity contribution in [1.82, 2.24) is 4.90 Å². The lowest BCUT2D eigenvalue weighted by Crippen LogP contribution is -2.80. The molecule has 1 saturated heterocycles. The standard InChI is InChI=1S/C29H55NO11/c1-3-5-7-9-10-12-14-22(13-11-8-6-4-2)24(31)41-23-15-16-25(21-23)17-19-30(20-18-25)28(36,37)26(32,33)27(34,35)29(38,39)40/h22-23,32-40H,3-21H2,1-2H3. The summed E-state index contributed by atoms with van der Waals surface area (Å²) in [5, 5.41) is 87.8. The second-order valence-corrected chi connectivity index (χ2v) is 12.5. The first-order valence-electron chi connectivity index (χ1n) is 15.5. The fourth-order valence-corrected chi connectivity index (χ4v) is 6.32. The molecule has 2 rings (SSSR count). The van der Waals surface area contributed by atoms with Crippen molar-refractivity contribution < 1.29 is 55.5 Å². The third-order valence-corrected chi connectivity index (χ3v) is 9.27. The van der Waals surface area contributed by atoms with Crippen molar-refractivity contribution in [1.29, 1.82) is 0 Å². The Balaban J connectivity index is 1.93. The van der Waals surface area contributed by atoms with Gasteiger partial charge in [-0.1, -0.05) is 78.1 Å². The average molecular weight is 594 g/mol. The van der Waals surface area contributed by atoms with Crippen LogP contribution in [0.1, 0.15) is 123 Å². The van der Waals surface area contributed by atoms with E-state index in [1.165, 1.54) is 25.7 Å². The summed E-state index contributed by atoms with van der Waals surface area (Å²) in [6.07, 6.45) is 15.4. The van der Waals surface area contributed by atoms with Gasteiger partial charge in [0.05, 0.1) is 5.92 Å². The highest BCUT2D eigenvalue weighted by molar-refractivity contribution is 5.72.